The first-order valence-corrected chi connectivity index (χ1v) is 11.5. The van der Waals surface area contributed by atoms with Gasteiger partial charge in [-0.1, -0.05) is 37.5 Å². The van der Waals surface area contributed by atoms with Gasteiger partial charge in [-0.25, -0.2) is 4.98 Å². The highest BCUT2D eigenvalue weighted by molar-refractivity contribution is 7.99. The molecule has 0 atom stereocenters. The van der Waals surface area contributed by atoms with Crippen molar-refractivity contribution in [1.82, 2.24) is 14.7 Å². The van der Waals surface area contributed by atoms with E-state index in [1.807, 2.05) is 44.4 Å². The molecule has 0 unspecified atom stereocenters. The molecule has 0 saturated heterocycles. The second-order valence-corrected chi connectivity index (χ2v) is 9.04. The number of fused-ring (bicyclic) bond motifs is 1. The smallest absolute Gasteiger partial charge is 0.225 e. The van der Waals surface area contributed by atoms with Crippen LogP contribution < -0.4 is 15.4 Å². The highest BCUT2D eigenvalue weighted by atomic mass is 32.2. The van der Waals surface area contributed by atoms with Gasteiger partial charge >= 0.3 is 0 Å². The van der Waals surface area contributed by atoms with E-state index in [0.717, 1.165) is 35.1 Å². The van der Waals surface area contributed by atoms with Crippen molar-refractivity contribution >= 4 is 46.0 Å². The molecule has 150 valence electrons. The molecule has 2 aromatic heterocycles. The van der Waals surface area contributed by atoms with Gasteiger partial charge in [0.15, 0.2) is 0 Å². The Kier molecular flexibility index (Phi) is 8.39. The van der Waals surface area contributed by atoms with E-state index in [1.165, 1.54) is 36.3 Å². The van der Waals surface area contributed by atoms with Crippen LogP contribution in [0.5, 0.6) is 0 Å². The summed E-state index contributed by atoms with van der Waals surface area (Å²) in [6, 6.07) is 12.2. The van der Waals surface area contributed by atoms with Crippen molar-refractivity contribution in [2.24, 2.45) is 5.92 Å². The van der Waals surface area contributed by atoms with Gasteiger partial charge in [-0.3, -0.25) is 4.72 Å². The minimum Gasteiger partial charge on any atom is -0.372 e. The molecule has 1 saturated carbocycles. The first kappa shape index (κ1) is 20.9. The summed E-state index contributed by atoms with van der Waals surface area (Å²) in [6.07, 6.45) is 6.80. The molecular weight excluding hydrogens is 386 g/mol. The molecule has 1 aliphatic carbocycles. The van der Waals surface area contributed by atoms with E-state index in [2.05, 4.69) is 36.8 Å². The summed E-state index contributed by atoms with van der Waals surface area (Å²) < 4.78 is 4.31. The Morgan fingerprint density at radius 2 is 1.86 bits per heavy atom. The van der Waals surface area contributed by atoms with E-state index in [9.17, 15) is 0 Å². The maximum atomic E-state index is 4.61. The lowest BCUT2D eigenvalue weighted by molar-refractivity contribution is 0.373. The summed E-state index contributed by atoms with van der Waals surface area (Å²) in [5.74, 6) is 2.40. The third-order valence-electron chi connectivity index (χ3n) is 4.81. The molecule has 1 fully saturated rings. The van der Waals surface area contributed by atoms with Crippen LogP contribution in [0.3, 0.4) is 0 Å². The summed E-state index contributed by atoms with van der Waals surface area (Å²) in [5, 5.41) is 9.71. The lowest BCUT2D eigenvalue weighted by Gasteiger charge is -2.21. The minimum absolute atomic E-state index is 0.735. The summed E-state index contributed by atoms with van der Waals surface area (Å²) in [7, 11) is 3.82. The van der Waals surface area contributed by atoms with Crippen molar-refractivity contribution in [1.29, 1.82) is 0 Å². The molecule has 0 radical (unpaired) electrons. The zero-order valence-corrected chi connectivity index (χ0v) is 18.2. The van der Waals surface area contributed by atoms with Crippen molar-refractivity contribution in [2.75, 3.05) is 31.3 Å². The standard InChI is InChI=1S/C16H22N4.C5H7NS2/c1-17-15-13-9-5-6-10-14(13)19-16(20-15)18-11-12-7-3-2-4-8-12;1-6-8-5-3-2-4-7-5/h5-6,9-10,12H,2-4,7-8,11H2,1H3,(H2,17,18,19,20);2-4,6H,1H3. The number of hydrogen-bond acceptors (Lipinski definition) is 7. The van der Waals surface area contributed by atoms with E-state index in [0.29, 0.717) is 0 Å². The molecule has 0 aliphatic heterocycles. The van der Waals surface area contributed by atoms with Gasteiger partial charge in [0.1, 0.15) is 5.82 Å². The lowest BCUT2D eigenvalue weighted by atomic mass is 9.89. The molecule has 4 rings (SSSR count). The third-order valence-corrected chi connectivity index (χ3v) is 6.55. The number of nitrogens with zero attached hydrogens (tertiary/aromatic N) is 2. The Morgan fingerprint density at radius 1 is 1.04 bits per heavy atom. The highest BCUT2D eigenvalue weighted by Gasteiger charge is 2.14. The summed E-state index contributed by atoms with van der Waals surface area (Å²) >= 11 is 3.40. The molecule has 1 aromatic carbocycles. The van der Waals surface area contributed by atoms with E-state index < -0.39 is 0 Å². The fraction of sp³-hybridized carbons (Fsp3) is 0.429. The highest BCUT2D eigenvalue weighted by Crippen LogP contribution is 2.25. The number of anilines is 2. The van der Waals surface area contributed by atoms with Crippen LogP contribution in [0.4, 0.5) is 11.8 Å². The van der Waals surface area contributed by atoms with Gasteiger partial charge in [0.2, 0.25) is 5.95 Å². The molecule has 2 heterocycles. The predicted molar refractivity (Wildman–Crippen MR) is 123 cm³/mol. The van der Waals surface area contributed by atoms with Gasteiger partial charge in [0, 0.05) is 19.0 Å². The van der Waals surface area contributed by atoms with Gasteiger partial charge in [-0.05, 0) is 61.3 Å². The monoisotopic (exact) mass is 415 g/mol. The van der Waals surface area contributed by atoms with E-state index >= 15 is 0 Å². The van der Waals surface area contributed by atoms with Crippen molar-refractivity contribution in [3.8, 4) is 0 Å². The second kappa shape index (κ2) is 11.2. The van der Waals surface area contributed by atoms with Gasteiger partial charge in [-0.15, -0.1) is 11.3 Å². The lowest BCUT2D eigenvalue weighted by Crippen LogP contribution is -2.18. The van der Waals surface area contributed by atoms with Crippen molar-refractivity contribution < 1.29 is 0 Å². The normalized spacial score (nSPS) is 14.4. The van der Waals surface area contributed by atoms with Crippen molar-refractivity contribution in [3.05, 3.63) is 41.8 Å². The molecule has 0 spiro atoms. The molecule has 3 aromatic rings. The molecule has 7 heteroatoms. The molecule has 1 aliphatic rings. The molecular formula is C21H29N5S2. The SMILES string of the molecule is CNSc1cccs1.CNc1nc(NCC2CCCCC2)nc2ccccc12. The van der Waals surface area contributed by atoms with Crippen LogP contribution in [0.2, 0.25) is 0 Å². The number of thiophene rings is 1. The molecule has 0 bridgehead atoms. The second-order valence-electron chi connectivity index (χ2n) is 6.79. The first-order chi connectivity index (χ1) is 13.8. The van der Waals surface area contributed by atoms with Crippen molar-refractivity contribution in [3.63, 3.8) is 0 Å². The fourth-order valence-corrected chi connectivity index (χ4v) is 4.80. The topological polar surface area (TPSA) is 61.9 Å². The zero-order chi connectivity index (χ0) is 19.6. The number of nitrogens with one attached hydrogen (secondary N) is 3. The molecule has 5 nitrogen and oxygen atoms in total. The summed E-state index contributed by atoms with van der Waals surface area (Å²) in [6.45, 7) is 0.988. The zero-order valence-electron chi connectivity index (χ0n) is 16.6. The number of benzene rings is 1. The maximum absolute atomic E-state index is 4.61. The Balaban J connectivity index is 0.000000236. The molecule has 28 heavy (non-hydrogen) atoms. The van der Waals surface area contributed by atoms with Crippen LogP contribution in [0.15, 0.2) is 46.0 Å². The Hall–Kier alpha value is -1.83. The van der Waals surface area contributed by atoms with Crippen LogP contribution in [0.1, 0.15) is 32.1 Å². The predicted octanol–water partition coefficient (Wildman–Crippen LogP) is 5.64. The van der Waals surface area contributed by atoms with E-state index in [-0.39, 0.29) is 0 Å². The van der Waals surface area contributed by atoms with Crippen LogP contribution >= 0.6 is 23.3 Å². The average Bonchev–Trinajstić information content (AvgIpc) is 3.26. The van der Waals surface area contributed by atoms with Crippen LogP contribution in [-0.2, 0) is 0 Å². The van der Waals surface area contributed by atoms with E-state index in [1.54, 1.807) is 23.3 Å². The Labute approximate surface area is 175 Å². The fourth-order valence-electron chi connectivity index (χ4n) is 3.40. The van der Waals surface area contributed by atoms with E-state index in [4.69, 9.17) is 0 Å². The molecule has 3 N–H and O–H groups in total. The van der Waals surface area contributed by atoms with Crippen molar-refractivity contribution in [2.45, 2.75) is 36.3 Å². The Morgan fingerprint density at radius 3 is 2.57 bits per heavy atom. The first-order valence-electron chi connectivity index (χ1n) is 9.85. The average molecular weight is 416 g/mol. The largest absolute Gasteiger partial charge is 0.372 e. The van der Waals surface area contributed by atoms with Crippen LogP contribution in [0, 0.1) is 5.92 Å². The third kappa shape index (κ3) is 6.09. The number of rotatable bonds is 6. The van der Waals surface area contributed by atoms with Gasteiger partial charge < -0.3 is 10.6 Å². The maximum Gasteiger partial charge on any atom is 0.225 e. The van der Waals surface area contributed by atoms with Crippen LogP contribution in [0.25, 0.3) is 10.9 Å². The quantitative estimate of drug-likeness (QED) is 0.453. The van der Waals surface area contributed by atoms with Crippen LogP contribution in [-0.4, -0.2) is 30.6 Å². The van der Waals surface area contributed by atoms with Gasteiger partial charge in [0.05, 0.1) is 9.73 Å². The molecule has 0 amide bonds. The number of hydrogen-bond donors (Lipinski definition) is 3. The minimum atomic E-state index is 0.735. The van der Waals surface area contributed by atoms with Gasteiger partial charge in [-0.2, -0.15) is 4.98 Å². The summed E-state index contributed by atoms with van der Waals surface area (Å²) in [4.78, 5) is 9.18. The Bertz CT molecular complexity index is 832. The van der Waals surface area contributed by atoms with Gasteiger partial charge in [0.25, 0.3) is 0 Å². The number of para-hydroxylation sites is 1. The summed E-state index contributed by atoms with van der Waals surface area (Å²) in [5.41, 5.74) is 0.984. The number of aromatic nitrogens is 2.